The van der Waals surface area contributed by atoms with Crippen molar-refractivity contribution in [1.82, 2.24) is 15.5 Å². The Hall–Kier alpha value is -0.700. The second-order valence-corrected chi connectivity index (χ2v) is 4.59. The summed E-state index contributed by atoms with van der Waals surface area (Å²) in [4.78, 5) is 2.56. The zero-order chi connectivity index (χ0) is 12.1. The predicted octanol–water partition coefficient (Wildman–Crippen LogP) is 1.78. The van der Waals surface area contributed by atoms with Gasteiger partial charge in [-0.3, -0.25) is 0 Å². The number of nitrogens with one attached hydrogen (secondary N) is 2. The predicted molar refractivity (Wildman–Crippen MR) is 70.3 cm³/mol. The Balaban J connectivity index is 0.000000606. The molecule has 0 spiro atoms. The van der Waals surface area contributed by atoms with E-state index in [1.807, 2.05) is 13.8 Å². The van der Waals surface area contributed by atoms with Gasteiger partial charge in [-0.25, -0.2) is 0 Å². The van der Waals surface area contributed by atoms with Crippen molar-refractivity contribution in [3.05, 3.63) is 11.4 Å². The van der Waals surface area contributed by atoms with Crippen molar-refractivity contribution in [2.75, 3.05) is 26.2 Å². The lowest BCUT2D eigenvalue weighted by Crippen LogP contribution is -2.57. The van der Waals surface area contributed by atoms with E-state index in [1.54, 1.807) is 0 Å². The molecule has 0 aromatic rings. The highest BCUT2D eigenvalue weighted by Crippen LogP contribution is 2.22. The molecule has 1 fully saturated rings. The first-order chi connectivity index (χ1) is 7.70. The number of hydrogen-bond acceptors (Lipinski definition) is 3. The molecule has 0 saturated carbocycles. The first-order valence-corrected chi connectivity index (χ1v) is 6.62. The van der Waals surface area contributed by atoms with E-state index in [1.165, 1.54) is 11.4 Å². The van der Waals surface area contributed by atoms with E-state index >= 15 is 0 Å². The van der Waals surface area contributed by atoms with Crippen molar-refractivity contribution in [2.24, 2.45) is 5.92 Å². The molecule has 3 nitrogen and oxygen atoms in total. The third kappa shape index (κ3) is 2.70. The maximum atomic E-state index is 3.57. The minimum atomic E-state index is 0.617. The molecular formula is C13H27N3. The van der Waals surface area contributed by atoms with Crippen molar-refractivity contribution in [2.45, 2.75) is 40.7 Å². The Morgan fingerprint density at radius 1 is 1.25 bits per heavy atom. The average molecular weight is 225 g/mol. The normalized spacial score (nSPS) is 24.6. The van der Waals surface area contributed by atoms with E-state index in [0.29, 0.717) is 12.0 Å². The van der Waals surface area contributed by atoms with Gasteiger partial charge in [0.05, 0.1) is 6.04 Å². The summed E-state index contributed by atoms with van der Waals surface area (Å²) in [5.74, 6) is 0.617. The van der Waals surface area contributed by atoms with Gasteiger partial charge in [0.2, 0.25) is 0 Å². The summed E-state index contributed by atoms with van der Waals surface area (Å²) in [5, 5.41) is 7.01. The molecule has 94 valence electrons. The fourth-order valence-electron chi connectivity index (χ4n) is 2.52. The molecule has 0 aliphatic carbocycles. The fourth-order valence-corrected chi connectivity index (χ4v) is 2.52. The van der Waals surface area contributed by atoms with Crippen LogP contribution in [0.4, 0.5) is 0 Å². The molecule has 0 radical (unpaired) electrons. The first kappa shape index (κ1) is 13.4. The van der Waals surface area contributed by atoms with Crippen LogP contribution in [0.1, 0.15) is 34.6 Å². The highest BCUT2D eigenvalue weighted by atomic mass is 15.3. The number of hydrogen-bond donors (Lipinski definition) is 2. The summed E-state index contributed by atoms with van der Waals surface area (Å²) >= 11 is 0. The van der Waals surface area contributed by atoms with Gasteiger partial charge in [-0.15, -0.1) is 0 Å². The minimum absolute atomic E-state index is 0.617. The van der Waals surface area contributed by atoms with Crippen molar-refractivity contribution in [3.8, 4) is 0 Å². The van der Waals surface area contributed by atoms with Gasteiger partial charge in [-0.2, -0.15) is 0 Å². The molecule has 0 amide bonds. The molecule has 0 aromatic carbocycles. The summed E-state index contributed by atoms with van der Waals surface area (Å²) in [6, 6.07) is 0.659. The third-order valence-corrected chi connectivity index (χ3v) is 3.28. The van der Waals surface area contributed by atoms with Gasteiger partial charge >= 0.3 is 0 Å². The summed E-state index contributed by atoms with van der Waals surface area (Å²) < 4.78 is 0. The van der Waals surface area contributed by atoms with Crippen molar-refractivity contribution >= 4 is 0 Å². The van der Waals surface area contributed by atoms with Gasteiger partial charge in [0, 0.05) is 37.6 Å². The molecule has 2 aliphatic rings. The van der Waals surface area contributed by atoms with Crippen LogP contribution < -0.4 is 10.6 Å². The maximum absolute atomic E-state index is 3.57. The molecule has 3 heteroatoms. The Kier molecular flexibility index (Phi) is 5.13. The summed E-state index contributed by atoms with van der Waals surface area (Å²) in [5.41, 5.74) is 2.89. The van der Waals surface area contributed by atoms with Crippen LogP contribution in [0.3, 0.4) is 0 Å². The highest BCUT2D eigenvalue weighted by Gasteiger charge is 2.28. The van der Waals surface area contributed by atoms with Crippen molar-refractivity contribution < 1.29 is 0 Å². The highest BCUT2D eigenvalue weighted by molar-refractivity contribution is 5.17. The SMILES string of the molecule is CC.CC1=C(C(C)C)NCC2CNCCN12. The van der Waals surface area contributed by atoms with Crippen molar-refractivity contribution in [3.63, 3.8) is 0 Å². The van der Waals surface area contributed by atoms with Crippen LogP contribution in [-0.2, 0) is 0 Å². The largest absolute Gasteiger partial charge is 0.385 e. The van der Waals surface area contributed by atoms with Crippen molar-refractivity contribution in [1.29, 1.82) is 0 Å². The van der Waals surface area contributed by atoms with Crippen LogP contribution in [0.2, 0.25) is 0 Å². The van der Waals surface area contributed by atoms with E-state index in [0.717, 1.165) is 26.2 Å². The second-order valence-electron chi connectivity index (χ2n) is 4.59. The quantitative estimate of drug-likeness (QED) is 0.712. The van der Waals surface area contributed by atoms with E-state index in [2.05, 4.69) is 36.3 Å². The molecular weight excluding hydrogens is 198 g/mol. The van der Waals surface area contributed by atoms with Gasteiger partial charge < -0.3 is 15.5 Å². The lowest BCUT2D eigenvalue weighted by atomic mass is 10.0. The fraction of sp³-hybridized carbons (Fsp3) is 0.846. The van der Waals surface area contributed by atoms with Crippen LogP contribution in [-0.4, -0.2) is 37.1 Å². The number of piperazine rings is 1. The third-order valence-electron chi connectivity index (χ3n) is 3.28. The second kappa shape index (κ2) is 6.14. The molecule has 2 rings (SSSR count). The van der Waals surface area contributed by atoms with E-state index < -0.39 is 0 Å². The molecule has 16 heavy (non-hydrogen) atoms. The average Bonchev–Trinajstić information content (AvgIpc) is 2.32. The van der Waals surface area contributed by atoms with Gasteiger partial charge in [0.25, 0.3) is 0 Å². The van der Waals surface area contributed by atoms with Gasteiger partial charge in [0.15, 0.2) is 0 Å². The number of fused-ring (bicyclic) bond motifs is 1. The summed E-state index contributed by atoms with van der Waals surface area (Å²) in [6.07, 6.45) is 0. The van der Waals surface area contributed by atoms with Crippen LogP contribution in [0.5, 0.6) is 0 Å². The Bertz CT molecular complexity index is 246. The van der Waals surface area contributed by atoms with Gasteiger partial charge in [-0.05, 0) is 12.8 Å². The van der Waals surface area contributed by atoms with Crippen LogP contribution in [0.25, 0.3) is 0 Å². The molecule has 1 saturated heterocycles. The smallest absolute Gasteiger partial charge is 0.0584 e. The van der Waals surface area contributed by atoms with Crippen LogP contribution in [0.15, 0.2) is 11.4 Å². The van der Waals surface area contributed by atoms with E-state index in [9.17, 15) is 0 Å². The maximum Gasteiger partial charge on any atom is 0.0584 e. The minimum Gasteiger partial charge on any atom is -0.385 e. The monoisotopic (exact) mass is 225 g/mol. The van der Waals surface area contributed by atoms with E-state index in [4.69, 9.17) is 0 Å². The van der Waals surface area contributed by atoms with Crippen LogP contribution in [0, 0.1) is 5.92 Å². The van der Waals surface area contributed by atoms with Gasteiger partial charge in [-0.1, -0.05) is 27.7 Å². The Morgan fingerprint density at radius 2 is 1.94 bits per heavy atom. The standard InChI is InChI=1S/C11H21N3.C2H6/c1-8(2)11-9(3)14-5-4-12-6-10(14)7-13-11;1-2/h8,10,12-13H,4-7H2,1-3H3;1-2H3. The topological polar surface area (TPSA) is 27.3 Å². The first-order valence-electron chi connectivity index (χ1n) is 6.62. The molecule has 0 bridgehead atoms. The van der Waals surface area contributed by atoms with Crippen LogP contribution >= 0.6 is 0 Å². The summed E-state index contributed by atoms with van der Waals surface area (Å²) in [7, 11) is 0. The molecule has 2 aliphatic heterocycles. The zero-order valence-corrected chi connectivity index (χ0v) is 11.4. The molecule has 0 aromatic heterocycles. The molecule has 1 atom stereocenters. The molecule has 1 unspecified atom stereocenters. The Labute approximate surface area is 100 Å². The van der Waals surface area contributed by atoms with Gasteiger partial charge in [0.1, 0.15) is 0 Å². The summed E-state index contributed by atoms with van der Waals surface area (Å²) in [6.45, 7) is 15.3. The number of nitrogens with zero attached hydrogens (tertiary/aromatic N) is 1. The molecule has 2 heterocycles. The Morgan fingerprint density at radius 3 is 2.56 bits per heavy atom. The lowest BCUT2D eigenvalue weighted by molar-refractivity contribution is 0.184. The lowest BCUT2D eigenvalue weighted by Gasteiger charge is -2.44. The number of allylic oxidation sites excluding steroid dienone is 2. The zero-order valence-electron chi connectivity index (χ0n) is 11.4. The number of rotatable bonds is 1. The molecule has 2 N–H and O–H groups in total. The van der Waals surface area contributed by atoms with E-state index in [-0.39, 0.29) is 0 Å².